The van der Waals surface area contributed by atoms with Crippen LogP contribution in [0.15, 0.2) is 170 Å². The zero-order valence-corrected chi connectivity index (χ0v) is 31.6. The van der Waals surface area contributed by atoms with Gasteiger partial charge in [-0.25, -0.2) is 12.1 Å². The molecule has 0 aliphatic heterocycles. The molecule has 0 heterocycles. The summed E-state index contributed by atoms with van der Waals surface area (Å²) in [5.41, 5.74) is -0.651. The average Bonchev–Trinajstić information content (AvgIpc) is 3.85. The van der Waals surface area contributed by atoms with Gasteiger partial charge in [0.25, 0.3) is 0 Å². The standard InChI is InChI=1S/C38H23BF9I.C5H5.Fe/c40-36(41,42)26-14-7-17-29(20-26)39(30-18-8-15-27(21-30)37(43,44)45,31-19-9-16-28(22-31)38(46,47)48)33-23-32(24-10-3-1-4-11-24)34(35(33)49)25-12-5-2-6-13-25;1-2-4-5-3-1;/h1-23H;1-5H;/q-2;-1;+2. The summed E-state index contributed by atoms with van der Waals surface area (Å²) < 4.78 is 129. The number of hydrogen-bond donors (Lipinski definition) is 0. The van der Waals surface area contributed by atoms with Crippen LogP contribution in [0.3, 0.4) is 0 Å². The van der Waals surface area contributed by atoms with E-state index in [4.69, 9.17) is 0 Å². The molecule has 0 aromatic heterocycles. The van der Waals surface area contributed by atoms with Crippen molar-refractivity contribution in [3.63, 3.8) is 0 Å². The summed E-state index contributed by atoms with van der Waals surface area (Å²) in [5, 5.41) is 0. The quantitative estimate of drug-likeness (QED) is 0.0675. The first-order valence-corrected chi connectivity index (χ1v) is 17.7. The third-order valence-electron chi connectivity index (χ3n) is 9.35. The van der Waals surface area contributed by atoms with Crippen LogP contribution >= 0.6 is 22.6 Å². The second-order valence-corrected chi connectivity index (χ2v) is 13.7. The van der Waals surface area contributed by atoms with E-state index in [0.29, 0.717) is 25.8 Å². The van der Waals surface area contributed by atoms with Gasteiger partial charge in [0, 0.05) is 0 Å². The summed E-state index contributed by atoms with van der Waals surface area (Å²) in [4.78, 5) is 0. The SMILES string of the molecule is FC(F)(F)c1cccc([B-](c2cccc(C(F)(F)F)c2)(c2cccc(C(F)(F)F)c2)c2[cH-]c(-c3ccccc3)c(-c3ccccc3)c2I)c1.[Fe+2].c1cc[cH-]c1. The fraction of sp³-hybridized carbons (Fsp3) is 0.0698. The van der Waals surface area contributed by atoms with E-state index in [0.717, 1.165) is 54.6 Å². The van der Waals surface area contributed by atoms with Gasteiger partial charge in [0.1, 0.15) is 0 Å². The Balaban J connectivity index is 0.000000895. The van der Waals surface area contributed by atoms with E-state index in [1.54, 1.807) is 42.5 Å². The van der Waals surface area contributed by atoms with Gasteiger partial charge >= 0.3 is 35.6 Å². The van der Waals surface area contributed by atoms with Crippen molar-refractivity contribution in [2.45, 2.75) is 18.5 Å². The second kappa shape index (κ2) is 16.7. The molecule has 0 N–H and O–H groups in total. The first-order chi connectivity index (χ1) is 25.6. The molecular formula is C43H28BF9FeI-. The molecule has 0 unspecified atom stereocenters. The van der Waals surface area contributed by atoms with E-state index in [9.17, 15) is 39.5 Å². The van der Waals surface area contributed by atoms with Crippen LogP contribution in [0.2, 0.25) is 0 Å². The van der Waals surface area contributed by atoms with Crippen molar-refractivity contribution in [3.8, 4) is 22.3 Å². The van der Waals surface area contributed by atoms with E-state index in [1.165, 1.54) is 18.2 Å². The normalized spacial score (nSPS) is 12.0. The number of rotatable bonds is 6. The Kier molecular flexibility index (Phi) is 12.6. The molecule has 12 heteroatoms. The molecule has 0 saturated heterocycles. The Morgan fingerprint density at radius 3 is 1.18 bits per heavy atom. The van der Waals surface area contributed by atoms with Crippen LogP contribution in [0.5, 0.6) is 0 Å². The maximum Gasteiger partial charge on any atom is 2.00 e. The van der Waals surface area contributed by atoms with Crippen LogP contribution in [-0.2, 0) is 35.6 Å². The molecule has 0 spiro atoms. The first-order valence-electron chi connectivity index (χ1n) is 16.6. The summed E-state index contributed by atoms with van der Waals surface area (Å²) in [6.45, 7) is 0. The predicted molar refractivity (Wildman–Crippen MR) is 206 cm³/mol. The Morgan fingerprint density at radius 1 is 0.455 bits per heavy atom. The molecule has 0 aliphatic carbocycles. The number of alkyl halides is 9. The number of halogens is 10. The van der Waals surface area contributed by atoms with Gasteiger partial charge in [-0.2, -0.15) is 80.2 Å². The Bertz CT molecular complexity index is 2150. The molecule has 0 atom stereocenters. The molecule has 0 aliphatic rings. The van der Waals surface area contributed by atoms with Crippen molar-refractivity contribution >= 4 is 50.6 Å². The van der Waals surface area contributed by atoms with Crippen molar-refractivity contribution in [1.82, 2.24) is 0 Å². The minimum atomic E-state index is -4.86. The predicted octanol–water partition coefficient (Wildman–Crippen LogP) is 11.2. The molecule has 282 valence electrons. The van der Waals surface area contributed by atoms with Gasteiger partial charge in [-0.3, -0.25) is 5.46 Å². The van der Waals surface area contributed by atoms with Crippen LogP contribution in [0.25, 0.3) is 22.3 Å². The van der Waals surface area contributed by atoms with Crippen LogP contribution in [-0.4, -0.2) is 6.15 Å². The maximum absolute atomic E-state index is 14.3. The minimum absolute atomic E-state index is 0. The van der Waals surface area contributed by atoms with Crippen molar-refractivity contribution in [2.24, 2.45) is 0 Å². The van der Waals surface area contributed by atoms with Crippen molar-refractivity contribution in [1.29, 1.82) is 0 Å². The van der Waals surface area contributed by atoms with E-state index in [2.05, 4.69) is 0 Å². The first kappa shape index (κ1) is 41.6. The van der Waals surface area contributed by atoms with E-state index in [-0.39, 0.29) is 38.9 Å². The van der Waals surface area contributed by atoms with Crippen LogP contribution in [0, 0.1) is 3.57 Å². The third kappa shape index (κ3) is 8.82. The van der Waals surface area contributed by atoms with Gasteiger partial charge in [-0.05, 0) is 0 Å². The average molecular weight is 909 g/mol. The van der Waals surface area contributed by atoms with Gasteiger partial charge in [-0.15, -0.1) is 37.3 Å². The zero-order chi connectivity index (χ0) is 38.7. The summed E-state index contributed by atoms with van der Waals surface area (Å²) in [7, 11) is 0. The molecule has 0 bridgehead atoms. The third-order valence-corrected chi connectivity index (χ3v) is 10.5. The van der Waals surface area contributed by atoms with Crippen LogP contribution < -0.4 is 21.9 Å². The molecule has 0 nitrogen and oxygen atoms in total. The fourth-order valence-electron chi connectivity index (χ4n) is 6.99. The van der Waals surface area contributed by atoms with Crippen LogP contribution in [0.4, 0.5) is 39.5 Å². The Hall–Kier alpha value is -4.52. The van der Waals surface area contributed by atoms with Crippen LogP contribution in [0.1, 0.15) is 16.7 Å². The molecule has 55 heavy (non-hydrogen) atoms. The van der Waals surface area contributed by atoms with E-state index >= 15 is 0 Å². The van der Waals surface area contributed by atoms with Gasteiger partial charge in [0.05, 0.1) is 22.8 Å². The molecule has 0 amide bonds. The van der Waals surface area contributed by atoms with Crippen molar-refractivity contribution in [3.05, 3.63) is 190 Å². The Labute approximate surface area is 336 Å². The molecule has 7 rings (SSSR count). The topological polar surface area (TPSA) is 0 Å². The van der Waals surface area contributed by atoms with E-state index < -0.39 is 41.4 Å². The van der Waals surface area contributed by atoms with Crippen molar-refractivity contribution in [2.75, 3.05) is 0 Å². The largest absolute Gasteiger partial charge is 2.00 e. The van der Waals surface area contributed by atoms with Gasteiger partial charge in [0.15, 0.2) is 0 Å². The maximum atomic E-state index is 14.3. The molecule has 7 aromatic rings. The molecule has 0 radical (unpaired) electrons. The Morgan fingerprint density at radius 2 is 0.836 bits per heavy atom. The molecule has 0 saturated carbocycles. The zero-order valence-electron chi connectivity index (χ0n) is 28.4. The van der Waals surface area contributed by atoms with Gasteiger partial charge in [-0.1, -0.05) is 145 Å². The minimum Gasteiger partial charge on any atom is -0.275 e. The molecular weight excluding hydrogens is 881 g/mol. The summed E-state index contributed by atoms with van der Waals surface area (Å²) in [6.07, 6.45) is -17.7. The summed E-state index contributed by atoms with van der Waals surface area (Å²) >= 11 is 2.02. The van der Waals surface area contributed by atoms with E-state index in [1.807, 2.05) is 77.2 Å². The molecule has 7 aromatic carbocycles. The van der Waals surface area contributed by atoms with Crippen molar-refractivity contribution < 1.29 is 56.6 Å². The summed E-state index contributed by atoms with van der Waals surface area (Å²) in [6, 6.07) is 42.0. The van der Waals surface area contributed by atoms with Gasteiger partial charge in [0.2, 0.25) is 0 Å². The second-order valence-electron chi connectivity index (χ2n) is 12.6. The number of benzene rings is 5. The monoisotopic (exact) mass is 909 g/mol. The summed E-state index contributed by atoms with van der Waals surface area (Å²) in [5.74, 6) is 0. The smallest absolute Gasteiger partial charge is 0.275 e. The number of hydrogen-bond acceptors (Lipinski definition) is 0. The molecule has 0 fully saturated rings. The van der Waals surface area contributed by atoms with Gasteiger partial charge < -0.3 is 0 Å². The fourth-order valence-corrected chi connectivity index (χ4v) is 8.22.